The molecule has 0 N–H and O–H groups in total. The third kappa shape index (κ3) is 5.07. The number of carbonyl (C=O) groups is 2. The molecule has 0 aliphatic carbocycles. The molecule has 10 heteroatoms. The van der Waals surface area contributed by atoms with Crippen LogP contribution in [0.25, 0.3) is 11.1 Å². The van der Waals surface area contributed by atoms with Crippen molar-refractivity contribution >= 4 is 27.7 Å². The van der Waals surface area contributed by atoms with Crippen LogP contribution in [0.5, 0.6) is 0 Å². The zero-order valence-electron chi connectivity index (χ0n) is 18.7. The van der Waals surface area contributed by atoms with Crippen LogP contribution in [0.15, 0.2) is 59.5 Å². The molecule has 1 fully saturated rings. The van der Waals surface area contributed by atoms with Crippen LogP contribution in [-0.4, -0.2) is 57.9 Å². The Morgan fingerprint density at radius 1 is 0.886 bits per heavy atom. The highest BCUT2D eigenvalue weighted by molar-refractivity contribution is 7.90. The number of sulfone groups is 1. The lowest BCUT2D eigenvalue weighted by Gasteiger charge is -2.36. The van der Waals surface area contributed by atoms with Crippen LogP contribution in [0, 0.1) is 17.5 Å². The van der Waals surface area contributed by atoms with Gasteiger partial charge in [-0.3, -0.25) is 9.59 Å². The fourth-order valence-electron chi connectivity index (χ4n) is 4.02. The number of halogens is 3. The predicted molar refractivity (Wildman–Crippen MR) is 125 cm³/mol. The van der Waals surface area contributed by atoms with Crippen LogP contribution in [-0.2, 0) is 9.84 Å². The second-order valence-electron chi connectivity index (χ2n) is 8.21. The highest BCUT2D eigenvalue weighted by Crippen LogP contribution is 2.29. The highest BCUT2D eigenvalue weighted by atomic mass is 32.2. The molecule has 4 rings (SSSR count). The first-order valence-electron chi connectivity index (χ1n) is 10.7. The van der Waals surface area contributed by atoms with E-state index < -0.39 is 38.8 Å². The second kappa shape index (κ2) is 9.53. The summed E-state index contributed by atoms with van der Waals surface area (Å²) in [5, 5.41) is 0. The van der Waals surface area contributed by atoms with Crippen LogP contribution < -0.4 is 4.90 Å². The van der Waals surface area contributed by atoms with E-state index in [-0.39, 0.29) is 48.6 Å². The summed E-state index contributed by atoms with van der Waals surface area (Å²) in [5.41, 5.74) is 0.777. The normalized spacial score (nSPS) is 14.2. The largest absolute Gasteiger partial charge is 0.368 e. The van der Waals surface area contributed by atoms with Crippen molar-refractivity contribution in [2.75, 3.05) is 37.3 Å². The van der Waals surface area contributed by atoms with E-state index in [0.717, 1.165) is 18.4 Å². The van der Waals surface area contributed by atoms with Gasteiger partial charge in [0.15, 0.2) is 16.1 Å². The lowest BCUT2D eigenvalue weighted by molar-refractivity contribution is 0.0747. The summed E-state index contributed by atoms with van der Waals surface area (Å²) in [6.07, 6.45) is 1.16. The molecule has 3 aromatic rings. The van der Waals surface area contributed by atoms with Crippen LogP contribution in [0.2, 0.25) is 0 Å². The third-order valence-corrected chi connectivity index (χ3v) is 7.03. The van der Waals surface area contributed by atoms with Gasteiger partial charge in [0, 0.05) is 43.7 Å². The maximum absolute atomic E-state index is 14.0. The van der Waals surface area contributed by atoms with Gasteiger partial charge in [0.1, 0.15) is 17.5 Å². The Kier molecular flexibility index (Phi) is 6.66. The van der Waals surface area contributed by atoms with Gasteiger partial charge in [0.2, 0.25) is 0 Å². The molecule has 35 heavy (non-hydrogen) atoms. The van der Waals surface area contributed by atoms with Gasteiger partial charge in [-0.25, -0.2) is 21.6 Å². The molecule has 1 heterocycles. The minimum Gasteiger partial charge on any atom is -0.368 e. The first-order valence-corrected chi connectivity index (χ1v) is 12.6. The van der Waals surface area contributed by atoms with Crippen molar-refractivity contribution in [3.63, 3.8) is 0 Å². The second-order valence-corrected chi connectivity index (χ2v) is 10.2. The molecule has 1 saturated heterocycles. The molecular weight excluding hydrogens is 481 g/mol. The van der Waals surface area contributed by atoms with Crippen LogP contribution in [0.3, 0.4) is 0 Å². The molecule has 0 unspecified atom stereocenters. The molecule has 3 aromatic carbocycles. The molecule has 1 aliphatic heterocycles. The quantitative estimate of drug-likeness (QED) is 0.494. The van der Waals surface area contributed by atoms with Crippen molar-refractivity contribution in [1.29, 1.82) is 0 Å². The van der Waals surface area contributed by atoms with Crippen LogP contribution in [0.4, 0.5) is 18.9 Å². The molecule has 0 radical (unpaired) electrons. The average Bonchev–Trinajstić information content (AvgIpc) is 2.83. The number of rotatable bonds is 5. The number of piperazine rings is 1. The zero-order chi connectivity index (χ0) is 25.3. The van der Waals surface area contributed by atoms with Crippen molar-refractivity contribution < 1.29 is 31.2 Å². The van der Waals surface area contributed by atoms with E-state index in [1.54, 1.807) is 4.90 Å². The van der Waals surface area contributed by atoms with Crippen molar-refractivity contribution in [1.82, 2.24) is 4.90 Å². The molecule has 0 spiro atoms. The van der Waals surface area contributed by atoms with Gasteiger partial charge in [-0.2, -0.15) is 0 Å². The first kappa shape index (κ1) is 24.5. The van der Waals surface area contributed by atoms with Gasteiger partial charge in [-0.05, 0) is 47.5 Å². The fourth-order valence-corrected chi connectivity index (χ4v) is 4.66. The zero-order valence-corrected chi connectivity index (χ0v) is 19.5. The van der Waals surface area contributed by atoms with E-state index >= 15 is 0 Å². The number of amides is 1. The summed E-state index contributed by atoms with van der Waals surface area (Å²) in [6.45, 7) is 0.957. The Hall–Kier alpha value is -3.66. The maximum atomic E-state index is 14.0. The predicted octanol–water partition coefficient (Wildman–Crippen LogP) is 3.95. The number of hydrogen-bond donors (Lipinski definition) is 0. The molecule has 1 aliphatic rings. The summed E-state index contributed by atoms with van der Waals surface area (Å²) in [4.78, 5) is 27.5. The Balaban J connectivity index is 1.61. The fraction of sp³-hybridized carbons (Fsp3) is 0.200. The SMILES string of the molecule is CS(=O)(=O)c1ccc(-c2ccc(F)cc2)c(C(=O)N2CCN(c3cc(F)c(C=O)c(F)c3)CC2)c1. The number of carbonyl (C=O) groups excluding carboxylic acids is 2. The van der Waals surface area contributed by atoms with Crippen molar-refractivity contribution in [3.05, 3.63) is 83.2 Å². The van der Waals surface area contributed by atoms with E-state index in [0.29, 0.717) is 11.1 Å². The number of anilines is 1. The smallest absolute Gasteiger partial charge is 0.254 e. The number of aldehydes is 1. The molecule has 182 valence electrons. The van der Waals surface area contributed by atoms with E-state index in [4.69, 9.17) is 0 Å². The molecule has 1 amide bonds. The topological polar surface area (TPSA) is 74.8 Å². The van der Waals surface area contributed by atoms with E-state index in [1.165, 1.54) is 47.4 Å². The van der Waals surface area contributed by atoms with Gasteiger partial charge in [-0.1, -0.05) is 18.2 Å². The highest BCUT2D eigenvalue weighted by Gasteiger charge is 2.26. The van der Waals surface area contributed by atoms with Gasteiger partial charge in [0.05, 0.1) is 10.5 Å². The van der Waals surface area contributed by atoms with Gasteiger partial charge >= 0.3 is 0 Å². The standard InChI is InChI=1S/C25H21F3N2O4S/c1-35(33,34)19-6-7-20(16-2-4-17(26)5-3-16)21(14-19)25(32)30-10-8-29(9-11-30)18-12-23(27)22(15-31)24(28)13-18/h2-7,12-15H,8-11H2,1H3. The van der Waals surface area contributed by atoms with E-state index in [1.807, 2.05) is 0 Å². The Morgan fingerprint density at radius 3 is 2.03 bits per heavy atom. The van der Waals surface area contributed by atoms with E-state index in [2.05, 4.69) is 0 Å². The lowest BCUT2D eigenvalue weighted by Crippen LogP contribution is -2.49. The molecular formula is C25H21F3N2O4S. The molecule has 0 atom stereocenters. The Labute approximate surface area is 200 Å². The average molecular weight is 503 g/mol. The summed E-state index contributed by atoms with van der Waals surface area (Å²) in [5.74, 6) is -2.78. The summed E-state index contributed by atoms with van der Waals surface area (Å²) < 4.78 is 65.7. The number of nitrogens with zero attached hydrogens (tertiary/aromatic N) is 2. The van der Waals surface area contributed by atoms with Crippen LogP contribution in [0.1, 0.15) is 20.7 Å². The van der Waals surface area contributed by atoms with Crippen molar-refractivity contribution in [2.24, 2.45) is 0 Å². The molecule has 0 saturated carbocycles. The van der Waals surface area contributed by atoms with Crippen molar-refractivity contribution in [3.8, 4) is 11.1 Å². The van der Waals surface area contributed by atoms with Crippen LogP contribution >= 0.6 is 0 Å². The lowest BCUT2D eigenvalue weighted by atomic mass is 9.98. The van der Waals surface area contributed by atoms with Gasteiger partial charge in [0.25, 0.3) is 5.91 Å². The van der Waals surface area contributed by atoms with Gasteiger partial charge in [-0.15, -0.1) is 0 Å². The Morgan fingerprint density at radius 2 is 1.49 bits per heavy atom. The van der Waals surface area contributed by atoms with Crippen molar-refractivity contribution in [2.45, 2.75) is 4.90 Å². The Bertz CT molecular complexity index is 1380. The monoisotopic (exact) mass is 502 g/mol. The van der Waals surface area contributed by atoms with E-state index in [9.17, 15) is 31.2 Å². The summed E-state index contributed by atoms with van der Waals surface area (Å²) in [6, 6.07) is 11.9. The third-order valence-electron chi connectivity index (χ3n) is 5.92. The summed E-state index contributed by atoms with van der Waals surface area (Å²) >= 11 is 0. The molecule has 0 aromatic heterocycles. The minimum absolute atomic E-state index is 0.0217. The number of hydrogen-bond acceptors (Lipinski definition) is 5. The first-order chi connectivity index (χ1) is 16.6. The molecule has 0 bridgehead atoms. The van der Waals surface area contributed by atoms with Gasteiger partial charge < -0.3 is 9.80 Å². The number of benzene rings is 3. The maximum Gasteiger partial charge on any atom is 0.254 e. The molecule has 6 nitrogen and oxygen atoms in total. The minimum atomic E-state index is -3.59. The summed E-state index contributed by atoms with van der Waals surface area (Å²) in [7, 11) is -3.59.